The summed E-state index contributed by atoms with van der Waals surface area (Å²) in [4.78, 5) is 40.1. The molecule has 1 aromatic heterocycles. The van der Waals surface area contributed by atoms with E-state index in [1.54, 1.807) is 25.2 Å². The number of amides is 3. The Hall–Kier alpha value is -1.83. The summed E-state index contributed by atoms with van der Waals surface area (Å²) in [6.07, 6.45) is 6.19. The third-order valence-corrected chi connectivity index (χ3v) is 6.52. The summed E-state index contributed by atoms with van der Waals surface area (Å²) in [6.45, 7) is 0. The molecule has 0 unspecified atom stereocenters. The van der Waals surface area contributed by atoms with Crippen LogP contribution in [-0.2, 0) is 11.8 Å². The molecule has 3 amide bonds. The molecular weight excluding hydrogens is 402 g/mol. The molecule has 0 aromatic carbocycles. The molecule has 1 spiro atoms. The molecule has 0 N–H and O–H groups in total. The van der Waals surface area contributed by atoms with Gasteiger partial charge in [0.2, 0.25) is 0 Å². The van der Waals surface area contributed by atoms with Crippen molar-refractivity contribution in [2.75, 3.05) is 7.05 Å². The van der Waals surface area contributed by atoms with Crippen LogP contribution in [0.15, 0.2) is 21.5 Å². The number of imide groups is 1. The lowest BCUT2D eigenvalue weighted by molar-refractivity contribution is -0.131. The van der Waals surface area contributed by atoms with Crippen molar-refractivity contribution in [1.82, 2.24) is 14.4 Å². The van der Waals surface area contributed by atoms with Gasteiger partial charge in [-0.1, -0.05) is 0 Å². The molecule has 2 heterocycles. The second-order valence-electron chi connectivity index (χ2n) is 7.53. The molecule has 4 rings (SSSR count). The number of hydrogen-bond donors (Lipinski definition) is 0. The minimum atomic E-state index is -0.542. The molecule has 1 aliphatic heterocycles. The average molecular weight is 424 g/mol. The number of likely N-dealkylation sites (N-methyl/N-ethyl adjacent to an activating group) is 1. The zero-order valence-corrected chi connectivity index (χ0v) is 16.5. The molecule has 0 radical (unpaired) electrons. The lowest BCUT2D eigenvalue weighted by Gasteiger charge is -2.33. The van der Waals surface area contributed by atoms with Gasteiger partial charge in [-0.05, 0) is 54.5 Å². The summed E-state index contributed by atoms with van der Waals surface area (Å²) in [5.74, 6) is 0.519. The minimum absolute atomic E-state index is 0.0184. The molecule has 1 saturated heterocycles. The summed E-state index contributed by atoms with van der Waals surface area (Å²) in [6, 6.07) is 1.27. The molecule has 0 atom stereocenters. The molecule has 0 bridgehead atoms. The summed E-state index contributed by atoms with van der Waals surface area (Å²) in [5.41, 5.74) is -0.665. The Morgan fingerprint density at radius 2 is 1.77 bits per heavy atom. The highest BCUT2D eigenvalue weighted by atomic mass is 79.9. The molecule has 8 heteroatoms. The Labute approximate surface area is 160 Å². The maximum atomic E-state index is 12.7. The lowest BCUT2D eigenvalue weighted by Crippen LogP contribution is -2.44. The number of carbonyl (C=O) groups is 2. The Bertz CT molecular complexity index is 824. The maximum absolute atomic E-state index is 12.7. The standard InChI is InChI=1S/C18H22BrN3O4/c1-20-10-13(19)14(9-15(20)23)26-12-5-3-11(4-6-12)22-16(24)18(7-8-18)21(2)17(22)25/h9-12H,3-8H2,1-2H3. The van der Waals surface area contributed by atoms with Crippen LogP contribution >= 0.6 is 15.9 Å². The van der Waals surface area contributed by atoms with Gasteiger partial charge < -0.3 is 14.2 Å². The van der Waals surface area contributed by atoms with E-state index in [4.69, 9.17) is 4.74 Å². The first kappa shape index (κ1) is 17.6. The Morgan fingerprint density at radius 3 is 2.35 bits per heavy atom. The van der Waals surface area contributed by atoms with Gasteiger partial charge in [0.05, 0.1) is 10.6 Å². The molecule has 3 fully saturated rings. The third-order valence-electron chi connectivity index (χ3n) is 5.92. The average Bonchev–Trinajstić information content (AvgIpc) is 3.39. The monoisotopic (exact) mass is 423 g/mol. The SMILES string of the molecule is CN1C(=O)N(C2CCC(Oc3cc(=O)n(C)cc3Br)CC2)C(=O)C12CC2. The summed E-state index contributed by atoms with van der Waals surface area (Å²) >= 11 is 3.43. The fourth-order valence-corrected chi connectivity index (χ4v) is 4.58. The van der Waals surface area contributed by atoms with Crippen LogP contribution in [0, 0.1) is 0 Å². The predicted octanol–water partition coefficient (Wildman–Crippen LogP) is 2.26. The molecule has 2 saturated carbocycles. The first-order valence-corrected chi connectivity index (χ1v) is 9.77. The van der Waals surface area contributed by atoms with Crippen LogP contribution in [-0.4, -0.2) is 51.0 Å². The highest BCUT2D eigenvalue weighted by Crippen LogP contribution is 2.48. The fourth-order valence-electron chi connectivity index (χ4n) is 4.06. The van der Waals surface area contributed by atoms with Gasteiger partial charge in [0.1, 0.15) is 11.3 Å². The van der Waals surface area contributed by atoms with Crippen LogP contribution < -0.4 is 10.3 Å². The van der Waals surface area contributed by atoms with E-state index in [-0.39, 0.29) is 29.6 Å². The number of aryl methyl sites for hydroxylation is 1. The van der Waals surface area contributed by atoms with Crippen LogP contribution in [0.3, 0.4) is 0 Å². The first-order valence-electron chi connectivity index (χ1n) is 8.98. The number of urea groups is 1. The first-order chi connectivity index (χ1) is 12.3. The zero-order chi connectivity index (χ0) is 18.6. The quantitative estimate of drug-likeness (QED) is 0.698. The smallest absolute Gasteiger partial charge is 0.327 e. The largest absolute Gasteiger partial charge is 0.489 e. The van der Waals surface area contributed by atoms with Crippen LogP contribution in [0.4, 0.5) is 4.79 Å². The van der Waals surface area contributed by atoms with Crippen LogP contribution in [0.5, 0.6) is 5.75 Å². The number of rotatable bonds is 3. The van der Waals surface area contributed by atoms with E-state index in [1.807, 2.05) is 0 Å². The highest BCUT2D eigenvalue weighted by molar-refractivity contribution is 9.10. The molecular formula is C18H22BrN3O4. The summed E-state index contributed by atoms with van der Waals surface area (Å²) in [7, 11) is 3.42. The van der Waals surface area contributed by atoms with Gasteiger partial charge in [0.15, 0.2) is 0 Å². The van der Waals surface area contributed by atoms with Gasteiger partial charge >= 0.3 is 6.03 Å². The van der Waals surface area contributed by atoms with Crippen molar-refractivity contribution in [2.24, 2.45) is 7.05 Å². The predicted molar refractivity (Wildman–Crippen MR) is 98.0 cm³/mol. The topological polar surface area (TPSA) is 71.8 Å². The van der Waals surface area contributed by atoms with Crippen molar-refractivity contribution in [3.05, 3.63) is 27.1 Å². The highest BCUT2D eigenvalue weighted by Gasteiger charge is 2.64. The minimum Gasteiger partial charge on any atom is -0.489 e. The van der Waals surface area contributed by atoms with Gasteiger partial charge in [-0.3, -0.25) is 14.5 Å². The van der Waals surface area contributed by atoms with E-state index in [1.165, 1.54) is 15.5 Å². The number of halogens is 1. The number of aromatic nitrogens is 1. The number of ether oxygens (including phenoxy) is 1. The molecule has 26 heavy (non-hydrogen) atoms. The van der Waals surface area contributed by atoms with E-state index < -0.39 is 5.54 Å². The van der Waals surface area contributed by atoms with E-state index in [2.05, 4.69) is 15.9 Å². The van der Waals surface area contributed by atoms with Crippen LogP contribution in [0.25, 0.3) is 0 Å². The van der Waals surface area contributed by atoms with Crippen molar-refractivity contribution >= 4 is 27.9 Å². The molecule has 3 aliphatic rings. The number of hydrogen-bond acceptors (Lipinski definition) is 4. The number of carbonyl (C=O) groups excluding carboxylic acids is 2. The van der Waals surface area contributed by atoms with E-state index >= 15 is 0 Å². The Morgan fingerprint density at radius 1 is 1.12 bits per heavy atom. The van der Waals surface area contributed by atoms with Gasteiger partial charge in [-0.25, -0.2) is 4.79 Å². The normalized spacial score (nSPS) is 27.3. The Kier molecular flexibility index (Phi) is 4.13. The lowest BCUT2D eigenvalue weighted by atomic mass is 9.91. The van der Waals surface area contributed by atoms with Crippen LogP contribution in [0.2, 0.25) is 0 Å². The van der Waals surface area contributed by atoms with Crippen LogP contribution in [0.1, 0.15) is 38.5 Å². The second-order valence-corrected chi connectivity index (χ2v) is 8.39. The molecule has 7 nitrogen and oxygen atoms in total. The van der Waals surface area contributed by atoms with Crippen molar-refractivity contribution in [1.29, 1.82) is 0 Å². The number of pyridine rings is 1. The van der Waals surface area contributed by atoms with Gasteiger partial charge in [0, 0.05) is 32.4 Å². The van der Waals surface area contributed by atoms with E-state index in [0.717, 1.165) is 43.0 Å². The van der Waals surface area contributed by atoms with E-state index in [9.17, 15) is 14.4 Å². The maximum Gasteiger partial charge on any atom is 0.327 e. The van der Waals surface area contributed by atoms with Gasteiger partial charge in [-0.15, -0.1) is 0 Å². The van der Waals surface area contributed by atoms with Crippen molar-refractivity contribution in [2.45, 2.75) is 56.2 Å². The van der Waals surface area contributed by atoms with Gasteiger partial charge in [0.25, 0.3) is 11.5 Å². The molecule has 140 valence electrons. The van der Waals surface area contributed by atoms with E-state index in [0.29, 0.717) is 5.75 Å². The third kappa shape index (κ3) is 2.66. The van der Waals surface area contributed by atoms with Crippen molar-refractivity contribution in [3.63, 3.8) is 0 Å². The fraction of sp³-hybridized carbons (Fsp3) is 0.611. The van der Waals surface area contributed by atoms with Crippen molar-refractivity contribution in [3.8, 4) is 5.75 Å². The summed E-state index contributed by atoms with van der Waals surface area (Å²) in [5, 5.41) is 0. The molecule has 1 aromatic rings. The van der Waals surface area contributed by atoms with Gasteiger partial charge in [-0.2, -0.15) is 0 Å². The zero-order valence-electron chi connectivity index (χ0n) is 14.9. The number of nitrogens with zero attached hydrogens (tertiary/aromatic N) is 3. The van der Waals surface area contributed by atoms with Crippen molar-refractivity contribution < 1.29 is 14.3 Å². The summed E-state index contributed by atoms with van der Waals surface area (Å²) < 4.78 is 8.23. The second kappa shape index (κ2) is 6.11. The Balaban J connectivity index is 1.41. The molecule has 2 aliphatic carbocycles.